The fraction of sp³-hybridized carbons (Fsp3) is 0.750. The van der Waals surface area contributed by atoms with Crippen molar-refractivity contribution >= 4 is 19.7 Å². The van der Waals surface area contributed by atoms with Crippen LogP contribution in [0.4, 0.5) is 0 Å². The number of carbonyl (C=O) groups excluding carboxylic acids is 2. The van der Waals surface area contributed by atoms with Crippen LogP contribution < -0.4 is 5.32 Å². The number of rotatable bonds is 61. The van der Waals surface area contributed by atoms with Crippen LogP contribution >= 0.6 is 7.82 Å². The normalized spacial score (nSPS) is 14.2. The van der Waals surface area contributed by atoms with E-state index in [0.29, 0.717) is 23.9 Å². The average molecular weight is 1170 g/mol. The zero-order valence-corrected chi connectivity index (χ0v) is 55.1. The Morgan fingerprint density at radius 1 is 0.427 bits per heavy atom. The number of phosphoric acid groups is 1. The summed E-state index contributed by atoms with van der Waals surface area (Å²) in [6, 6.07) is -0.868. The number of ether oxygens (including phenoxy) is 1. The number of hydrogen-bond acceptors (Lipinski definition) is 6. The molecule has 3 unspecified atom stereocenters. The third-order valence-corrected chi connectivity index (χ3v) is 15.7. The number of unbranched alkanes of at least 4 members (excludes halogenated alkanes) is 31. The molecular weight excluding hydrogens is 1040 g/mol. The zero-order valence-electron chi connectivity index (χ0n) is 54.2. The summed E-state index contributed by atoms with van der Waals surface area (Å²) in [6.45, 7) is 6.94. The van der Waals surface area contributed by atoms with E-state index in [1.807, 2.05) is 33.3 Å². The number of esters is 1. The molecule has 0 saturated carbocycles. The molecular formula is C72H130N2O7P+. The van der Waals surface area contributed by atoms with Crippen LogP contribution in [-0.2, 0) is 27.9 Å². The van der Waals surface area contributed by atoms with Gasteiger partial charge in [-0.2, -0.15) is 0 Å². The minimum absolute atomic E-state index is 0.0308. The van der Waals surface area contributed by atoms with Gasteiger partial charge >= 0.3 is 13.8 Å². The molecule has 0 rings (SSSR count). The van der Waals surface area contributed by atoms with Crippen molar-refractivity contribution in [2.45, 2.75) is 309 Å². The second-order valence-electron chi connectivity index (χ2n) is 24.0. The summed E-state index contributed by atoms with van der Waals surface area (Å²) in [5.74, 6) is -0.542. The SMILES string of the molecule is CCCCC/C=C\C/C=C\C/C=C\C/C=C\CCCCCC(=O)OC(/C=C\CCCCCCCCCCCC)C(COP(=O)(O)OCC[N+](C)(C)C)NC(=O)CCCCCCCCCCCCCC/C=C\C/C=C\C/C=C\CCCCC. The predicted molar refractivity (Wildman–Crippen MR) is 355 cm³/mol. The number of nitrogens with zero attached hydrogens (tertiary/aromatic N) is 1. The van der Waals surface area contributed by atoms with Gasteiger partial charge in [-0.25, -0.2) is 4.57 Å². The molecule has 0 bridgehead atoms. The third kappa shape index (κ3) is 61.5. The van der Waals surface area contributed by atoms with E-state index in [1.165, 1.54) is 167 Å². The van der Waals surface area contributed by atoms with Gasteiger partial charge in [-0.05, 0) is 115 Å². The first-order valence-corrected chi connectivity index (χ1v) is 35.6. The maximum Gasteiger partial charge on any atom is 0.472 e. The molecule has 0 aromatic heterocycles. The van der Waals surface area contributed by atoms with Crippen molar-refractivity contribution in [1.82, 2.24) is 5.32 Å². The van der Waals surface area contributed by atoms with E-state index in [2.05, 4.69) is 111 Å². The molecule has 9 nitrogen and oxygen atoms in total. The Labute approximate surface area is 507 Å². The van der Waals surface area contributed by atoms with E-state index in [0.717, 1.165) is 89.9 Å². The summed E-state index contributed by atoms with van der Waals surface area (Å²) in [5.41, 5.74) is 0. The number of quaternary nitrogens is 1. The van der Waals surface area contributed by atoms with Crippen LogP contribution in [0.3, 0.4) is 0 Å². The molecule has 0 spiro atoms. The monoisotopic (exact) mass is 1170 g/mol. The lowest BCUT2D eigenvalue weighted by atomic mass is 10.0. The fourth-order valence-corrected chi connectivity index (χ4v) is 10.2. The first-order valence-electron chi connectivity index (χ1n) is 34.1. The van der Waals surface area contributed by atoms with Crippen molar-refractivity contribution in [2.24, 2.45) is 0 Å². The smallest absolute Gasteiger partial charge is 0.456 e. The molecule has 474 valence electrons. The van der Waals surface area contributed by atoms with Crippen LogP contribution in [0.5, 0.6) is 0 Å². The molecule has 10 heteroatoms. The third-order valence-electron chi connectivity index (χ3n) is 14.7. The lowest BCUT2D eigenvalue weighted by Crippen LogP contribution is -2.47. The van der Waals surface area contributed by atoms with Crippen molar-refractivity contribution in [3.63, 3.8) is 0 Å². The van der Waals surface area contributed by atoms with E-state index in [-0.39, 0.29) is 31.5 Å². The van der Waals surface area contributed by atoms with Gasteiger partial charge < -0.3 is 19.4 Å². The zero-order chi connectivity index (χ0) is 60.0. The molecule has 0 radical (unpaired) electrons. The minimum Gasteiger partial charge on any atom is -0.456 e. The van der Waals surface area contributed by atoms with Crippen LogP contribution in [0.15, 0.2) is 97.2 Å². The highest BCUT2D eigenvalue weighted by molar-refractivity contribution is 7.47. The molecule has 1 amide bonds. The van der Waals surface area contributed by atoms with E-state index >= 15 is 0 Å². The maximum atomic E-state index is 13.6. The number of hydrogen-bond donors (Lipinski definition) is 2. The van der Waals surface area contributed by atoms with Gasteiger partial charge in [0.1, 0.15) is 19.3 Å². The van der Waals surface area contributed by atoms with E-state index in [4.69, 9.17) is 13.8 Å². The van der Waals surface area contributed by atoms with E-state index < -0.39 is 20.0 Å². The number of amides is 1. The van der Waals surface area contributed by atoms with Gasteiger partial charge in [-0.3, -0.25) is 18.6 Å². The Morgan fingerprint density at radius 3 is 1.15 bits per heavy atom. The number of phosphoric ester groups is 1. The van der Waals surface area contributed by atoms with Crippen molar-refractivity contribution in [1.29, 1.82) is 0 Å². The second kappa shape index (κ2) is 61.0. The van der Waals surface area contributed by atoms with Crippen LogP contribution in [-0.4, -0.2) is 74.3 Å². The highest BCUT2D eigenvalue weighted by atomic mass is 31.2. The van der Waals surface area contributed by atoms with Crippen molar-refractivity contribution in [3.8, 4) is 0 Å². The summed E-state index contributed by atoms with van der Waals surface area (Å²) in [7, 11) is 1.47. The Kier molecular flexibility index (Phi) is 58.7. The maximum absolute atomic E-state index is 13.6. The second-order valence-corrected chi connectivity index (χ2v) is 25.4. The summed E-state index contributed by atoms with van der Waals surface area (Å²) in [5, 5.41) is 3.06. The molecule has 0 aliphatic heterocycles. The summed E-state index contributed by atoms with van der Waals surface area (Å²) in [6.07, 6.45) is 82.7. The quantitative estimate of drug-likeness (QED) is 0.0205. The molecule has 0 heterocycles. The molecule has 0 aromatic rings. The molecule has 82 heavy (non-hydrogen) atoms. The first kappa shape index (κ1) is 78.9. The lowest BCUT2D eigenvalue weighted by molar-refractivity contribution is -0.870. The van der Waals surface area contributed by atoms with Gasteiger partial charge in [-0.15, -0.1) is 0 Å². The number of nitrogens with one attached hydrogen (secondary N) is 1. The first-order chi connectivity index (χ1) is 39.9. The van der Waals surface area contributed by atoms with Crippen LogP contribution in [0.2, 0.25) is 0 Å². The predicted octanol–water partition coefficient (Wildman–Crippen LogP) is 21.5. The molecule has 0 aliphatic carbocycles. The van der Waals surface area contributed by atoms with Crippen LogP contribution in [0, 0.1) is 0 Å². The highest BCUT2D eigenvalue weighted by Crippen LogP contribution is 2.43. The van der Waals surface area contributed by atoms with Gasteiger partial charge in [0.05, 0.1) is 33.8 Å². The average Bonchev–Trinajstić information content (AvgIpc) is 3.44. The number of carbonyl (C=O) groups is 2. The standard InChI is InChI=1S/C72H129N2O7P/c1-7-10-13-16-19-22-25-28-30-32-34-35-36-37-38-39-41-42-44-46-49-52-55-58-61-64-71(75)73-69(68-80-82(77,78)79-67-66-74(4,5)6)70(63-60-57-54-51-48-27-24-21-18-15-12-9-3)81-72(76)65-62-59-56-53-50-47-45-43-40-33-31-29-26-23-20-17-14-11-8-2/h19-20,22-23,28-31,34-35,40,43,47,50,60,63,69-70H,7-18,21,24-27,32-33,36-39,41-42,44-46,48-49,51-59,61-62,64-68H2,1-6H3,(H-,73,75,77,78)/p+1/b22-19-,23-20-,30-28-,31-29-,35-34-,43-40-,50-47-,63-60-. The molecule has 0 aliphatic rings. The van der Waals surface area contributed by atoms with Crippen molar-refractivity contribution < 1.29 is 37.3 Å². The van der Waals surface area contributed by atoms with Gasteiger partial charge in [0.15, 0.2) is 0 Å². The molecule has 0 aromatic carbocycles. The van der Waals surface area contributed by atoms with Crippen molar-refractivity contribution in [3.05, 3.63) is 97.2 Å². The topological polar surface area (TPSA) is 111 Å². The van der Waals surface area contributed by atoms with Crippen LogP contribution in [0.1, 0.15) is 297 Å². The lowest BCUT2D eigenvalue weighted by Gasteiger charge is -2.27. The van der Waals surface area contributed by atoms with Gasteiger partial charge in [0, 0.05) is 12.8 Å². The van der Waals surface area contributed by atoms with E-state index in [9.17, 15) is 19.0 Å². The highest BCUT2D eigenvalue weighted by Gasteiger charge is 2.30. The molecule has 0 fully saturated rings. The summed E-state index contributed by atoms with van der Waals surface area (Å²) >= 11 is 0. The Balaban J connectivity index is 5.17. The van der Waals surface area contributed by atoms with Gasteiger partial charge in [0.2, 0.25) is 5.91 Å². The Bertz CT molecular complexity index is 1720. The van der Waals surface area contributed by atoms with E-state index in [1.54, 1.807) is 0 Å². The fourth-order valence-electron chi connectivity index (χ4n) is 9.46. The summed E-state index contributed by atoms with van der Waals surface area (Å²) in [4.78, 5) is 37.8. The number of allylic oxidation sites excluding steroid dienone is 15. The number of likely N-dealkylation sites (N-methyl/N-ethyl adjacent to an activating group) is 1. The van der Waals surface area contributed by atoms with Crippen molar-refractivity contribution in [2.75, 3.05) is 40.9 Å². The molecule has 0 saturated heterocycles. The van der Waals surface area contributed by atoms with Crippen LogP contribution in [0.25, 0.3) is 0 Å². The van der Waals surface area contributed by atoms with Gasteiger partial charge in [0.25, 0.3) is 0 Å². The summed E-state index contributed by atoms with van der Waals surface area (Å²) < 4.78 is 30.8. The Hall–Kier alpha value is -3.07. The molecule has 2 N–H and O–H groups in total. The molecule has 3 atom stereocenters. The van der Waals surface area contributed by atoms with Gasteiger partial charge in [-0.1, -0.05) is 266 Å². The minimum atomic E-state index is -4.47. The Morgan fingerprint density at radius 2 is 0.744 bits per heavy atom. The largest absolute Gasteiger partial charge is 0.472 e.